The van der Waals surface area contributed by atoms with Gasteiger partial charge < -0.3 is 17.2 Å². The minimum atomic E-state index is -0.867. The van der Waals surface area contributed by atoms with Gasteiger partial charge >= 0.3 is 0 Å². The number of carbonyl (C=O) groups is 3. The highest BCUT2D eigenvalue weighted by molar-refractivity contribution is 6.28. The number of hydrogen-bond acceptors (Lipinski definition) is 6. The highest BCUT2D eigenvalue weighted by Crippen LogP contribution is 2.04. The minimum absolute atomic E-state index is 0.0312. The summed E-state index contributed by atoms with van der Waals surface area (Å²) in [6.07, 6.45) is 1.22. The fourth-order valence-electron chi connectivity index (χ4n) is 2.59. The molecule has 0 fully saturated rings. The van der Waals surface area contributed by atoms with Crippen LogP contribution in [-0.2, 0) is 20.8 Å². The quantitative estimate of drug-likeness (QED) is 0.129. The molecule has 1 rings (SSSR count). The summed E-state index contributed by atoms with van der Waals surface area (Å²) in [7, 11) is 0. The van der Waals surface area contributed by atoms with Crippen LogP contribution in [0, 0.1) is 0 Å². The van der Waals surface area contributed by atoms with E-state index in [1.807, 2.05) is 30.3 Å². The summed E-state index contributed by atoms with van der Waals surface area (Å²) < 4.78 is 0. The molecule has 0 aliphatic heterocycles. The minimum Gasteiger partial charge on any atom is -0.370 e. The Labute approximate surface area is 175 Å². The first kappa shape index (κ1) is 24.5. The van der Waals surface area contributed by atoms with Crippen LogP contribution in [0.5, 0.6) is 0 Å². The Kier molecular flexibility index (Phi) is 10.9. The predicted octanol–water partition coefficient (Wildman–Crippen LogP) is -0.593. The highest BCUT2D eigenvalue weighted by Gasteiger charge is 2.25. The number of alkyl halides is 1. The van der Waals surface area contributed by atoms with Gasteiger partial charge in [-0.3, -0.25) is 30.0 Å². The maximum atomic E-state index is 12.3. The lowest BCUT2D eigenvalue weighted by atomic mass is 10.1. The van der Waals surface area contributed by atoms with Crippen molar-refractivity contribution >= 4 is 35.2 Å². The van der Waals surface area contributed by atoms with Gasteiger partial charge in [0, 0.05) is 6.54 Å². The zero-order valence-electron chi connectivity index (χ0n) is 16.4. The maximum Gasteiger partial charge on any atom is 0.243 e. The fourth-order valence-corrected chi connectivity index (χ4v) is 2.78. The number of aliphatic imine (C=N–C) groups is 1. The summed E-state index contributed by atoms with van der Waals surface area (Å²) in [5, 5.41) is 5.18. The van der Waals surface area contributed by atoms with Gasteiger partial charge in [0.2, 0.25) is 11.8 Å². The van der Waals surface area contributed by atoms with E-state index in [0.717, 1.165) is 5.56 Å². The molecule has 10 heteroatoms. The molecule has 0 unspecified atom stereocenters. The number of carbonyl (C=O) groups excluding carboxylic acids is 3. The molecule has 2 amide bonds. The topological polar surface area (TPSA) is 166 Å². The molecule has 0 radical (unpaired) electrons. The Morgan fingerprint density at radius 3 is 2.38 bits per heavy atom. The molecule has 0 spiro atoms. The molecule has 0 aliphatic rings. The normalized spacial score (nSPS) is 13.8. The molecule has 0 saturated heterocycles. The Bertz CT molecular complexity index is 709. The number of benzene rings is 1. The number of halogens is 1. The molecule has 3 atom stereocenters. The van der Waals surface area contributed by atoms with E-state index in [4.69, 9.17) is 28.8 Å². The first-order valence-corrected chi connectivity index (χ1v) is 9.82. The second-order valence-electron chi connectivity index (χ2n) is 6.64. The van der Waals surface area contributed by atoms with Crippen molar-refractivity contribution in [2.24, 2.45) is 22.2 Å². The molecule has 0 aliphatic carbocycles. The summed E-state index contributed by atoms with van der Waals surface area (Å²) >= 11 is 5.65. The van der Waals surface area contributed by atoms with Gasteiger partial charge in [-0.15, -0.1) is 11.6 Å². The van der Waals surface area contributed by atoms with E-state index in [2.05, 4.69) is 15.6 Å². The van der Waals surface area contributed by atoms with E-state index in [-0.39, 0.29) is 17.6 Å². The standard InChI is InChI=1S/C19H29ClN6O3/c1-12(25-15(16(27)11-20)8-5-9-24-19(22)23)17(28)26-18(29)14(21)10-13-6-3-2-4-7-13/h2-4,6-7,12,14-15,25H,5,8-11,21H2,1H3,(H4,22,23,24)(H,26,28,29)/t12-,14-,15-/m0/s1. The van der Waals surface area contributed by atoms with Crippen molar-refractivity contribution in [3.8, 4) is 0 Å². The second kappa shape index (κ2) is 12.9. The lowest BCUT2D eigenvalue weighted by molar-refractivity contribution is -0.132. The van der Waals surface area contributed by atoms with Gasteiger partial charge in [0.15, 0.2) is 11.7 Å². The Hall–Kier alpha value is -2.49. The van der Waals surface area contributed by atoms with Crippen LogP contribution >= 0.6 is 11.6 Å². The van der Waals surface area contributed by atoms with E-state index < -0.39 is 29.9 Å². The van der Waals surface area contributed by atoms with E-state index in [9.17, 15) is 14.4 Å². The van der Waals surface area contributed by atoms with Gasteiger partial charge in [-0.25, -0.2) is 0 Å². The first-order chi connectivity index (χ1) is 13.7. The van der Waals surface area contributed by atoms with Crippen molar-refractivity contribution in [2.75, 3.05) is 12.4 Å². The Balaban J connectivity index is 2.56. The average molecular weight is 425 g/mol. The number of Topliss-reactive ketones (excluding diaryl/α,β-unsaturated/α-hetero) is 1. The van der Waals surface area contributed by atoms with Crippen LogP contribution in [0.2, 0.25) is 0 Å². The van der Waals surface area contributed by atoms with Crippen LogP contribution in [0.15, 0.2) is 35.3 Å². The highest BCUT2D eigenvalue weighted by atomic mass is 35.5. The van der Waals surface area contributed by atoms with Crippen molar-refractivity contribution < 1.29 is 14.4 Å². The predicted molar refractivity (Wildman–Crippen MR) is 113 cm³/mol. The third-order valence-corrected chi connectivity index (χ3v) is 4.46. The number of imide groups is 1. The lowest BCUT2D eigenvalue weighted by Gasteiger charge is -2.21. The third-order valence-electron chi connectivity index (χ3n) is 4.19. The molecule has 29 heavy (non-hydrogen) atoms. The van der Waals surface area contributed by atoms with Gasteiger partial charge in [0.1, 0.15) is 0 Å². The van der Waals surface area contributed by atoms with Gasteiger partial charge in [-0.1, -0.05) is 30.3 Å². The van der Waals surface area contributed by atoms with Gasteiger partial charge in [0.25, 0.3) is 0 Å². The summed E-state index contributed by atoms with van der Waals surface area (Å²) in [5.41, 5.74) is 17.3. The molecule has 0 bridgehead atoms. The first-order valence-electron chi connectivity index (χ1n) is 9.29. The van der Waals surface area contributed by atoms with Crippen LogP contribution in [0.25, 0.3) is 0 Å². The SMILES string of the molecule is C[C@H](N[C@@H](CCCN=C(N)N)C(=O)CCl)C(=O)NC(=O)[C@@H](N)Cc1ccccc1. The van der Waals surface area contributed by atoms with Crippen LogP contribution in [0.4, 0.5) is 0 Å². The number of hydrogen-bond donors (Lipinski definition) is 5. The number of ketones is 1. The number of amides is 2. The molecule has 160 valence electrons. The number of nitrogens with one attached hydrogen (secondary N) is 2. The zero-order chi connectivity index (χ0) is 21.8. The Morgan fingerprint density at radius 1 is 1.14 bits per heavy atom. The van der Waals surface area contributed by atoms with Gasteiger partial charge in [-0.2, -0.15) is 0 Å². The maximum absolute atomic E-state index is 12.3. The largest absolute Gasteiger partial charge is 0.370 e. The average Bonchev–Trinajstić information content (AvgIpc) is 2.69. The summed E-state index contributed by atoms with van der Waals surface area (Å²) in [4.78, 5) is 40.4. The summed E-state index contributed by atoms with van der Waals surface area (Å²) in [5.74, 6) is -1.65. The lowest BCUT2D eigenvalue weighted by Crippen LogP contribution is -2.53. The van der Waals surface area contributed by atoms with Crippen molar-refractivity contribution in [1.82, 2.24) is 10.6 Å². The third kappa shape index (κ3) is 9.51. The molecular weight excluding hydrogens is 396 g/mol. The number of nitrogens with zero attached hydrogens (tertiary/aromatic N) is 1. The molecule has 0 aromatic heterocycles. The number of nitrogens with two attached hydrogens (primary N) is 3. The van der Waals surface area contributed by atoms with Gasteiger partial charge in [0.05, 0.1) is 24.0 Å². The van der Waals surface area contributed by atoms with Crippen LogP contribution in [0.1, 0.15) is 25.3 Å². The molecule has 1 aromatic carbocycles. The monoisotopic (exact) mass is 424 g/mol. The van der Waals surface area contributed by atoms with Crippen molar-refractivity contribution in [1.29, 1.82) is 0 Å². The molecule has 8 N–H and O–H groups in total. The van der Waals surface area contributed by atoms with Crippen LogP contribution in [-0.4, -0.2) is 54.1 Å². The van der Waals surface area contributed by atoms with Gasteiger partial charge in [-0.05, 0) is 31.7 Å². The fraction of sp³-hybridized carbons (Fsp3) is 0.474. The van der Waals surface area contributed by atoms with Crippen molar-refractivity contribution in [3.63, 3.8) is 0 Å². The Morgan fingerprint density at radius 2 is 1.79 bits per heavy atom. The zero-order valence-corrected chi connectivity index (χ0v) is 17.2. The van der Waals surface area contributed by atoms with Crippen molar-refractivity contribution in [3.05, 3.63) is 35.9 Å². The van der Waals surface area contributed by atoms with E-state index in [0.29, 0.717) is 25.8 Å². The van der Waals surface area contributed by atoms with Crippen LogP contribution in [0.3, 0.4) is 0 Å². The summed E-state index contributed by atoms with van der Waals surface area (Å²) in [6.45, 7) is 1.90. The van der Waals surface area contributed by atoms with Crippen LogP contribution < -0.4 is 27.8 Å². The van der Waals surface area contributed by atoms with Crippen molar-refractivity contribution in [2.45, 2.75) is 44.3 Å². The van der Waals surface area contributed by atoms with E-state index in [1.54, 1.807) is 6.92 Å². The summed E-state index contributed by atoms with van der Waals surface area (Å²) in [6, 6.07) is 6.93. The smallest absolute Gasteiger partial charge is 0.243 e. The molecule has 0 heterocycles. The molecular formula is C19H29ClN6O3. The second-order valence-corrected chi connectivity index (χ2v) is 6.91. The number of rotatable bonds is 12. The number of guanidine groups is 1. The molecule has 9 nitrogen and oxygen atoms in total. The molecule has 0 saturated carbocycles. The van der Waals surface area contributed by atoms with E-state index >= 15 is 0 Å². The van der Waals surface area contributed by atoms with E-state index in [1.165, 1.54) is 0 Å². The molecule has 1 aromatic rings.